The molecule has 0 radical (unpaired) electrons. The first-order chi connectivity index (χ1) is 8.43. The summed E-state index contributed by atoms with van der Waals surface area (Å²) in [6, 6.07) is 0. The largest absolute Gasteiger partial charge is 0.444 e. The number of amides is 1. The van der Waals surface area contributed by atoms with Crippen molar-refractivity contribution in [3.8, 4) is 0 Å². The molecule has 0 saturated carbocycles. The van der Waals surface area contributed by atoms with Gasteiger partial charge in [-0.05, 0) is 48.5 Å². The van der Waals surface area contributed by atoms with Gasteiger partial charge in [0.2, 0.25) is 0 Å². The van der Waals surface area contributed by atoms with Crippen molar-refractivity contribution in [3.05, 3.63) is 0 Å². The summed E-state index contributed by atoms with van der Waals surface area (Å²) in [5.74, 6) is 0. The first-order valence-electron chi connectivity index (χ1n) is 6.83. The Morgan fingerprint density at radius 1 is 1.26 bits per heavy atom. The van der Waals surface area contributed by atoms with Crippen LogP contribution in [0.5, 0.6) is 0 Å². The third-order valence-electron chi connectivity index (χ3n) is 2.38. The Morgan fingerprint density at radius 3 is 2.16 bits per heavy atom. The molecule has 0 fully saturated rings. The van der Waals surface area contributed by atoms with Gasteiger partial charge in [0.05, 0.1) is 6.10 Å². The topological polar surface area (TPSA) is 61.8 Å². The van der Waals surface area contributed by atoms with Gasteiger partial charge in [-0.15, -0.1) is 0 Å². The fraction of sp³-hybridized carbons (Fsp3) is 0.929. The summed E-state index contributed by atoms with van der Waals surface area (Å²) in [5.41, 5.74) is -0.789. The number of rotatable bonds is 5. The van der Waals surface area contributed by atoms with Crippen LogP contribution in [0.3, 0.4) is 0 Å². The van der Waals surface area contributed by atoms with Gasteiger partial charge in [-0.3, -0.25) is 0 Å². The van der Waals surface area contributed by atoms with E-state index in [1.54, 1.807) is 11.8 Å². The Morgan fingerprint density at radius 2 is 1.79 bits per heavy atom. The van der Waals surface area contributed by atoms with Crippen LogP contribution in [0.4, 0.5) is 4.79 Å². The normalized spacial score (nSPS) is 14.1. The lowest BCUT2D eigenvalue weighted by Crippen LogP contribution is -2.50. The second kappa shape index (κ2) is 7.10. The first-order valence-corrected chi connectivity index (χ1v) is 6.83. The summed E-state index contributed by atoms with van der Waals surface area (Å²) in [7, 11) is 0. The third kappa shape index (κ3) is 8.83. The molecule has 1 atom stereocenters. The highest BCUT2D eigenvalue weighted by molar-refractivity contribution is 5.69. The maximum absolute atomic E-state index is 12.2. The van der Waals surface area contributed by atoms with Gasteiger partial charge < -0.3 is 20.1 Å². The predicted octanol–water partition coefficient (Wildman–Crippen LogP) is 1.99. The van der Waals surface area contributed by atoms with Crippen LogP contribution in [0.25, 0.3) is 0 Å². The zero-order valence-electron chi connectivity index (χ0n) is 13.4. The molecule has 1 unspecified atom stereocenters. The maximum atomic E-state index is 12.2. The smallest absolute Gasteiger partial charge is 0.410 e. The second-order valence-corrected chi connectivity index (χ2v) is 6.86. The molecular weight excluding hydrogens is 244 g/mol. The van der Waals surface area contributed by atoms with Crippen molar-refractivity contribution in [3.63, 3.8) is 0 Å². The fourth-order valence-electron chi connectivity index (χ4n) is 1.52. The van der Waals surface area contributed by atoms with E-state index in [1.165, 1.54) is 0 Å². The number of carbonyl (C=O) groups is 1. The number of nitrogens with one attached hydrogen (secondary N) is 1. The van der Waals surface area contributed by atoms with Crippen LogP contribution in [0.2, 0.25) is 0 Å². The summed E-state index contributed by atoms with van der Waals surface area (Å²) in [5, 5.41) is 12.3. The van der Waals surface area contributed by atoms with Crippen LogP contribution in [0.15, 0.2) is 0 Å². The van der Waals surface area contributed by atoms with Crippen molar-refractivity contribution in [2.45, 2.75) is 65.7 Å². The Kier molecular flexibility index (Phi) is 6.80. The summed E-state index contributed by atoms with van der Waals surface area (Å²) in [4.78, 5) is 13.9. The van der Waals surface area contributed by atoms with Crippen molar-refractivity contribution >= 4 is 6.09 Å². The summed E-state index contributed by atoms with van der Waals surface area (Å²) < 4.78 is 5.41. The highest BCUT2D eigenvalue weighted by Crippen LogP contribution is 2.17. The average Bonchev–Trinajstić information content (AvgIpc) is 2.11. The molecule has 2 N–H and O–H groups in total. The number of aliphatic hydroxyl groups excluding tert-OH is 1. The Labute approximate surface area is 117 Å². The average molecular weight is 274 g/mol. The molecule has 5 nitrogen and oxygen atoms in total. The molecule has 0 heterocycles. The van der Waals surface area contributed by atoms with Crippen LogP contribution < -0.4 is 5.32 Å². The van der Waals surface area contributed by atoms with E-state index in [0.29, 0.717) is 19.6 Å². The Balaban J connectivity index is 4.45. The van der Waals surface area contributed by atoms with E-state index in [4.69, 9.17) is 4.74 Å². The van der Waals surface area contributed by atoms with Gasteiger partial charge in [-0.2, -0.15) is 0 Å². The second-order valence-electron chi connectivity index (χ2n) is 6.86. The zero-order chi connectivity index (χ0) is 15.3. The minimum Gasteiger partial charge on any atom is -0.444 e. The number of hydrogen-bond donors (Lipinski definition) is 2. The van der Waals surface area contributed by atoms with Gasteiger partial charge in [0.25, 0.3) is 0 Å². The van der Waals surface area contributed by atoms with Gasteiger partial charge in [0, 0.05) is 25.2 Å². The Hall–Kier alpha value is -0.810. The number of aliphatic hydroxyl groups is 1. The van der Waals surface area contributed by atoms with Crippen LogP contribution in [-0.2, 0) is 4.74 Å². The van der Waals surface area contributed by atoms with Gasteiger partial charge >= 0.3 is 6.09 Å². The molecule has 0 bridgehead atoms. The Bertz CT molecular complexity index is 277. The minimum atomic E-state index is -0.492. The molecule has 5 heteroatoms. The van der Waals surface area contributed by atoms with Crippen LogP contribution in [0.1, 0.15) is 48.5 Å². The monoisotopic (exact) mass is 274 g/mol. The van der Waals surface area contributed by atoms with E-state index >= 15 is 0 Å². The third-order valence-corrected chi connectivity index (χ3v) is 2.38. The number of ether oxygens (including phenoxy) is 1. The van der Waals surface area contributed by atoms with Crippen LogP contribution in [0, 0.1) is 0 Å². The first kappa shape index (κ1) is 18.2. The number of nitrogens with zero attached hydrogens (tertiary/aromatic N) is 1. The zero-order valence-corrected chi connectivity index (χ0v) is 13.4. The molecule has 0 aliphatic carbocycles. The molecule has 0 aliphatic heterocycles. The SMILES string of the molecule is CC(O)CNCCN(C(=O)OC(C)(C)C)C(C)(C)C. The van der Waals surface area contributed by atoms with E-state index in [-0.39, 0.29) is 17.7 Å². The molecule has 0 aromatic rings. The molecule has 114 valence electrons. The number of hydrogen-bond acceptors (Lipinski definition) is 4. The summed E-state index contributed by atoms with van der Waals surface area (Å²) in [6.07, 6.45) is -0.691. The lowest BCUT2D eigenvalue weighted by Gasteiger charge is -2.37. The molecule has 0 aliphatic rings. The van der Waals surface area contributed by atoms with E-state index in [1.807, 2.05) is 41.5 Å². The molecular formula is C14H30N2O3. The number of carbonyl (C=O) groups excluding carboxylic acids is 1. The quantitative estimate of drug-likeness (QED) is 0.753. The molecule has 0 spiro atoms. The van der Waals surface area contributed by atoms with Crippen molar-refractivity contribution in [1.29, 1.82) is 0 Å². The highest BCUT2D eigenvalue weighted by Gasteiger charge is 2.30. The van der Waals surface area contributed by atoms with Gasteiger partial charge in [0.15, 0.2) is 0 Å². The van der Waals surface area contributed by atoms with E-state index < -0.39 is 5.60 Å². The molecule has 0 aromatic heterocycles. The lowest BCUT2D eigenvalue weighted by atomic mass is 10.1. The fourth-order valence-corrected chi connectivity index (χ4v) is 1.52. The highest BCUT2D eigenvalue weighted by atomic mass is 16.6. The molecule has 1 amide bonds. The lowest BCUT2D eigenvalue weighted by molar-refractivity contribution is 0.00654. The van der Waals surface area contributed by atoms with E-state index in [0.717, 1.165) is 0 Å². The predicted molar refractivity (Wildman–Crippen MR) is 77.2 cm³/mol. The summed E-state index contributed by atoms with van der Waals surface area (Å²) in [6.45, 7) is 14.9. The minimum absolute atomic E-state index is 0.297. The van der Waals surface area contributed by atoms with Gasteiger partial charge in [-0.1, -0.05) is 0 Å². The molecule has 0 saturated heterocycles. The summed E-state index contributed by atoms with van der Waals surface area (Å²) >= 11 is 0. The van der Waals surface area contributed by atoms with Crippen LogP contribution >= 0.6 is 0 Å². The van der Waals surface area contributed by atoms with Gasteiger partial charge in [0.1, 0.15) is 5.60 Å². The van der Waals surface area contributed by atoms with Crippen molar-refractivity contribution < 1.29 is 14.6 Å². The van der Waals surface area contributed by atoms with Crippen molar-refractivity contribution in [2.24, 2.45) is 0 Å². The maximum Gasteiger partial charge on any atom is 0.410 e. The standard InChI is InChI=1S/C14H30N2O3/c1-11(17)10-15-8-9-16(13(2,3)4)12(18)19-14(5,6)7/h11,15,17H,8-10H2,1-7H3. The molecule has 0 aromatic carbocycles. The van der Waals surface area contributed by atoms with Crippen molar-refractivity contribution in [1.82, 2.24) is 10.2 Å². The van der Waals surface area contributed by atoms with Crippen molar-refractivity contribution in [2.75, 3.05) is 19.6 Å². The van der Waals surface area contributed by atoms with E-state index in [2.05, 4.69) is 5.32 Å². The molecule has 0 rings (SSSR count). The van der Waals surface area contributed by atoms with E-state index in [9.17, 15) is 9.90 Å². The molecule has 19 heavy (non-hydrogen) atoms. The van der Waals surface area contributed by atoms with Crippen LogP contribution in [-0.4, -0.2) is 53.0 Å². The van der Waals surface area contributed by atoms with Gasteiger partial charge in [-0.25, -0.2) is 4.79 Å².